The van der Waals surface area contributed by atoms with Crippen molar-refractivity contribution in [1.82, 2.24) is 19.7 Å². The molecule has 1 saturated heterocycles. The molecular weight excluding hydrogens is 461 g/mol. The number of hydrogen-bond donors (Lipinski definition) is 0. The monoisotopic (exact) mass is 490 g/mol. The summed E-state index contributed by atoms with van der Waals surface area (Å²) in [6.45, 7) is 5.76. The van der Waals surface area contributed by atoms with E-state index in [1.54, 1.807) is 29.2 Å². The van der Waals surface area contributed by atoms with Crippen LogP contribution in [0.5, 0.6) is 5.88 Å². The molecule has 35 heavy (non-hydrogen) atoms. The summed E-state index contributed by atoms with van der Waals surface area (Å²) in [5.74, 6) is 0.645. The van der Waals surface area contributed by atoms with Crippen LogP contribution < -0.4 is 4.74 Å². The van der Waals surface area contributed by atoms with Crippen molar-refractivity contribution in [2.24, 2.45) is 0 Å². The average Bonchev–Trinajstić information content (AvgIpc) is 3.17. The zero-order valence-corrected chi connectivity index (χ0v) is 20.0. The molecule has 1 fully saturated rings. The molecule has 10 heteroatoms. The summed E-state index contributed by atoms with van der Waals surface area (Å²) < 4.78 is 50.7. The van der Waals surface area contributed by atoms with Crippen LogP contribution in [0, 0.1) is 0 Å². The number of halogens is 3. The van der Waals surface area contributed by atoms with Gasteiger partial charge in [0, 0.05) is 36.2 Å². The smallest absolute Gasteiger partial charge is 0.410 e. The SMILES string of the molecule is CC(C)(C)OC(=O)N1CCC(c2cccc(OCc3ccc4cnn(CC(F)(F)F)c4c3)n2)CC1. The maximum atomic E-state index is 12.8. The Bertz CT molecular complexity index is 1180. The van der Waals surface area contributed by atoms with Crippen molar-refractivity contribution in [3.8, 4) is 5.88 Å². The van der Waals surface area contributed by atoms with Crippen molar-refractivity contribution in [1.29, 1.82) is 0 Å². The molecule has 0 N–H and O–H groups in total. The summed E-state index contributed by atoms with van der Waals surface area (Å²) in [6.07, 6.45) is -1.68. The molecule has 0 unspecified atom stereocenters. The standard InChI is InChI=1S/C25H29F3N4O3/c1-24(2,3)35-23(33)31-11-9-18(10-12-31)20-5-4-6-22(30-20)34-15-17-7-8-19-14-29-32(21(19)13-17)16-25(26,27)28/h4-8,13-14,18H,9-12,15-16H2,1-3H3. The molecule has 1 amide bonds. The fourth-order valence-corrected chi connectivity index (χ4v) is 4.08. The number of hydrogen-bond acceptors (Lipinski definition) is 5. The topological polar surface area (TPSA) is 69.5 Å². The fourth-order valence-electron chi connectivity index (χ4n) is 4.08. The number of carbonyl (C=O) groups excluding carboxylic acids is 1. The van der Waals surface area contributed by atoms with Gasteiger partial charge in [0.15, 0.2) is 0 Å². The Labute approximate surface area is 201 Å². The highest BCUT2D eigenvalue weighted by Gasteiger charge is 2.29. The van der Waals surface area contributed by atoms with Crippen molar-refractivity contribution in [2.45, 2.75) is 64.5 Å². The molecule has 3 aromatic rings. The normalized spacial score (nSPS) is 15.4. The molecule has 1 aromatic carbocycles. The summed E-state index contributed by atoms with van der Waals surface area (Å²) in [7, 11) is 0. The molecule has 0 bridgehead atoms. The number of carbonyl (C=O) groups is 1. The van der Waals surface area contributed by atoms with E-state index in [0.29, 0.717) is 29.9 Å². The highest BCUT2D eigenvalue weighted by Crippen LogP contribution is 2.29. The molecule has 188 valence electrons. The number of fused-ring (bicyclic) bond motifs is 1. The number of alkyl halides is 3. The number of piperidine rings is 1. The number of rotatable bonds is 5. The van der Waals surface area contributed by atoms with E-state index < -0.39 is 18.3 Å². The Balaban J connectivity index is 1.37. The van der Waals surface area contributed by atoms with Crippen molar-refractivity contribution in [2.75, 3.05) is 13.1 Å². The largest absolute Gasteiger partial charge is 0.473 e. The van der Waals surface area contributed by atoms with E-state index in [1.807, 2.05) is 32.9 Å². The van der Waals surface area contributed by atoms with Crippen LogP contribution in [0.25, 0.3) is 10.9 Å². The van der Waals surface area contributed by atoms with E-state index >= 15 is 0 Å². The quantitative estimate of drug-likeness (QED) is 0.460. The molecule has 2 aromatic heterocycles. The summed E-state index contributed by atoms with van der Waals surface area (Å²) in [5.41, 5.74) is 1.50. The Kier molecular flexibility index (Phi) is 6.91. The first-order valence-electron chi connectivity index (χ1n) is 11.6. The van der Waals surface area contributed by atoms with Crippen LogP contribution in [-0.4, -0.2) is 50.6 Å². The van der Waals surface area contributed by atoms with Gasteiger partial charge in [0.05, 0.1) is 11.7 Å². The van der Waals surface area contributed by atoms with E-state index in [-0.39, 0.29) is 18.6 Å². The average molecular weight is 491 g/mol. The third-order valence-electron chi connectivity index (χ3n) is 5.73. The second kappa shape index (κ2) is 9.75. The lowest BCUT2D eigenvalue weighted by molar-refractivity contribution is -0.141. The third kappa shape index (κ3) is 6.64. The van der Waals surface area contributed by atoms with E-state index in [2.05, 4.69) is 10.1 Å². The minimum atomic E-state index is -4.35. The molecule has 4 rings (SSSR count). The van der Waals surface area contributed by atoms with Crippen molar-refractivity contribution >= 4 is 17.0 Å². The minimum absolute atomic E-state index is 0.167. The number of ether oxygens (including phenoxy) is 2. The first-order valence-corrected chi connectivity index (χ1v) is 11.6. The van der Waals surface area contributed by atoms with Gasteiger partial charge in [-0.1, -0.05) is 18.2 Å². The summed E-state index contributed by atoms with van der Waals surface area (Å²) >= 11 is 0. The van der Waals surface area contributed by atoms with Crippen molar-refractivity contribution in [3.05, 3.63) is 53.9 Å². The maximum absolute atomic E-state index is 12.8. The first-order chi connectivity index (χ1) is 16.5. The lowest BCUT2D eigenvalue weighted by atomic mass is 9.93. The predicted octanol–water partition coefficient (Wildman–Crippen LogP) is 5.69. The van der Waals surface area contributed by atoms with Gasteiger partial charge in [-0.2, -0.15) is 18.3 Å². The minimum Gasteiger partial charge on any atom is -0.473 e. The fraction of sp³-hybridized carbons (Fsp3) is 0.480. The predicted molar refractivity (Wildman–Crippen MR) is 124 cm³/mol. The number of nitrogens with zero attached hydrogens (tertiary/aromatic N) is 4. The second-order valence-electron chi connectivity index (χ2n) is 9.74. The van der Waals surface area contributed by atoms with Gasteiger partial charge in [-0.15, -0.1) is 0 Å². The van der Waals surface area contributed by atoms with Gasteiger partial charge in [-0.3, -0.25) is 4.68 Å². The van der Waals surface area contributed by atoms with Gasteiger partial charge in [0.2, 0.25) is 5.88 Å². The van der Waals surface area contributed by atoms with Crippen molar-refractivity contribution < 1.29 is 27.4 Å². The molecule has 1 aliphatic heterocycles. The van der Waals surface area contributed by atoms with Crippen LogP contribution in [-0.2, 0) is 17.9 Å². The van der Waals surface area contributed by atoms with Crippen LogP contribution in [0.15, 0.2) is 42.6 Å². The van der Waals surface area contributed by atoms with Gasteiger partial charge >= 0.3 is 12.3 Å². The Hall–Kier alpha value is -3.30. The van der Waals surface area contributed by atoms with Crippen LogP contribution in [0.1, 0.15) is 50.8 Å². The Morgan fingerprint density at radius 2 is 1.86 bits per heavy atom. The Morgan fingerprint density at radius 1 is 1.11 bits per heavy atom. The van der Waals surface area contributed by atoms with Gasteiger partial charge < -0.3 is 14.4 Å². The number of amides is 1. The number of aromatic nitrogens is 3. The molecular formula is C25H29F3N4O3. The van der Waals surface area contributed by atoms with Crippen molar-refractivity contribution in [3.63, 3.8) is 0 Å². The molecule has 0 saturated carbocycles. The highest BCUT2D eigenvalue weighted by atomic mass is 19.4. The number of likely N-dealkylation sites (tertiary alicyclic amines) is 1. The molecule has 3 heterocycles. The second-order valence-corrected chi connectivity index (χ2v) is 9.74. The summed E-state index contributed by atoms with van der Waals surface area (Å²) in [6, 6.07) is 10.8. The molecule has 0 aliphatic carbocycles. The molecule has 1 aliphatic rings. The first kappa shape index (κ1) is 24.8. The Morgan fingerprint density at radius 3 is 2.54 bits per heavy atom. The summed E-state index contributed by atoms with van der Waals surface area (Å²) in [4.78, 5) is 18.7. The van der Waals surface area contributed by atoms with E-state index in [9.17, 15) is 18.0 Å². The van der Waals surface area contributed by atoms with Gasteiger partial charge in [-0.05, 0) is 51.3 Å². The lowest BCUT2D eigenvalue weighted by Gasteiger charge is -2.33. The maximum Gasteiger partial charge on any atom is 0.410 e. The highest BCUT2D eigenvalue weighted by molar-refractivity contribution is 5.79. The van der Waals surface area contributed by atoms with Crippen LogP contribution in [0.3, 0.4) is 0 Å². The van der Waals surface area contributed by atoms with Crippen LogP contribution in [0.2, 0.25) is 0 Å². The van der Waals surface area contributed by atoms with E-state index in [4.69, 9.17) is 9.47 Å². The zero-order valence-electron chi connectivity index (χ0n) is 20.0. The number of benzene rings is 1. The molecule has 0 radical (unpaired) electrons. The third-order valence-corrected chi connectivity index (χ3v) is 5.73. The van der Waals surface area contributed by atoms with E-state index in [0.717, 1.165) is 28.8 Å². The number of pyridine rings is 1. The molecule has 7 nitrogen and oxygen atoms in total. The molecule has 0 spiro atoms. The summed E-state index contributed by atoms with van der Waals surface area (Å²) in [5, 5.41) is 4.48. The van der Waals surface area contributed by atoms with E-state index in [1.165, 1.54) is 6.20 Å². The van der Waals surface area contributed by atoms with Gasteiger partial charge in [0.25, 0.3) is 0 Å². The zero-order chi connectivity index (χ0) is 25.2. The van der Waals surface area contributed by atoms with Crippen LogP contribution >= 0.6 is 0 Å². The van der Waals surface area contributed by atoms with Gasteiger partial charge in [-0.25, -0.2) is 9.78 Å². The van der Waals surface area contributed by atoms with Crippen LogP contribution in [0.4, 0.5) is 18.0 Å². The lowest BCUT2D eigenvalue weighted by Crippen LogP contribution is -2.41. The molecule has 0 atom stereocenters. The van der Waals surface area contributed by atoms with Gasteiger partial charge in [0.1, 0.15) is 18.8 Å².